The first-order valence-corrected chi connectivity index (χ1v) is 7.19. The van der Waals surface area contributed by atoms with Crippen molar-refractivity contribution in [3.05, 3.63) is 68.7 Å². The molecular formula is C15H13BrClNO2. The molecule has 0 spiro atoms. The van der Waals surface area contributed by atoms with E-state index in [0.717, 1.165) is 11.1 Å². The molecule has 0 radical (unpaired) electrons. The molecule has 5 heteroatoms. The molecule has 0 atom stereocenters. The van der Waals surface area contributed by atoms with Gasteiger partial charge < -0.3 is 10.4 Å². The van der Waals surface area contributed by atoms with E-state index in [1.54, 1.807) is 18.2 Å². The van der Waals surface area contributed by atoms with E-state index in [-0.39, 0.29) is 12.5 Å². The molecule has 0 heterocycles. The van der Waals surface area contributed by atoms with Crippen LogP contribution in [0.2, 0.25) is 5.02 Å². The molecule has 20 heavy (non-hydrogen) atoms. The molecule has 0 saturated carbocycles. The molecule has 104 valence electrons. The maximum absolute atomic E-state index is 12.1. The molecule has 3 nitrogen and oxygen atoms in total. The fourth-order valence-electron chi connectivity index (χ4n) is 1.79. The molecule has 0 saturated heterocycles. The number of hydrogen-bond acceptors (Lipinski definition) is 2. The lowest BCUT2D eigenvalue weighted by Crippen LogP contribution is -2.23. The average molecular weight is 355 g/mol. The number of carbonyl (C=O) groups is 1. The van der Waals surface area contributed by atoms with Crippen LogP contribution in [-0.4, -0.2) is 11.0 Å². The van der Waals surface area contributed by atoms with Crippen LogP contribution in [-0.2, 0) is 13.2 Å². The lowest BCUT2D eigenvalue weighted by atomic mass is 10.1. The van der Waals surface area contributed by atoms with Gasteiger partial charge in [0.2, 0.25) is 0 Å². The second kappa shape index (κ2) is 6.88. The van der Waals surface area contributed by atoms with Crippen LogP contribution in [0.1, 0.15) is 21.5 Å². The lowest BCUT2D eigenvalue weighted by molar-refractivity contribution is 0.0950. The van der Waals surface area contributed by atoms with E-state index in [9.17, 15) is 4.79 Å². The molecule has 0 aliphatic rings. The van der Waals surface area contributed by atoms with Crippen molar-refractivity contribution in [2.75, 3.05) is 0 Å². The predicted molar refractivity (Wildman–Crippen MR) is 82.7 cm³/mol. The second-order valence-corrected chi connectivity index (χ2v) is 5.58. The van der Waals surface area contributed by atoms with Crippen LogP contribution in [0.5, 0.6) is 0 Å². The SMILES string of the molecule is O=C(NCc1cccc(CO)c1)c1ccc(Cl)cc1Br. The largest absolute Gasteiger partial charge is 0.392 e. The number of benzene rings is 2. The minimum Gasteiger partial charge on any atom is -0.392 e. The summed E-state index contributed by atoms with van der Waals surface area (Å²) in [6.45, 7) is 0.395. The number of aliphatic hydroxyl groups is 1. The summed E-state index contributed by atoms with van der Waals surface area (Å²) in [6, 6.07) is 12.5. The van der Waals surface area contributed by atoms with Gasteiger partial charge in [-0.3, -0.25) is 4.79 Å². The monoisotopic (exact) mass is 353 g/mol. The van der Waals surface area contributed by atoms with Gasteiger partial charge in [-0.1, -0.05) is 35.9 Å². The van der Waals surface area contributed by atoms with Gasteiger partial charge in [-0.15, -0.1) is 0 Å². The van der Waals surface area contributed by atoms with Crippen molar-refractivity contribution in [2.45, 2.75) is 13.2 Å². The van der Waals surface area contributed by atoms with Gasteiger partial charge in [0, 0.05) is 16.0 Å². The van der Waals surface area contributed by atoms with Crippen molar-refractivity contribution in [1.82, 2.24) is 5.32 Å². The standard InChI is InChI=1S/C15H13BrClNO2/c16-14-7-12(17)4-5-13(14)15(20)18-8-10-2-1-3-11(6-10)9-19/h1-7,19H,8-9H2,(H,18,20). The van der Waals surface area contributed by atoms with Gasteiger partial charge in [0.25, 0.3) is 5.91 Å². The third kappa shape index (κ3) is 3.82. The van der Waals surface area contributed by atoms with E-state index in [1.807, 2.05) is 24.3 Å². The fourth-order valence-corrected chi connectivity index (χ4v) is 2.65. The molecule has 2 N–H and O–H groups in total. The quantitative estimate of drug-likeness (QED) is 0.882. The van der Waals surface area contributed by atoms with E-state index >= 15 is 0 Å². The van der Waals surface area contributed by atoms with E-state index in [1.165, 1.54) is 0 Å². The van der Waals surface area contributed by atoms with E-state index in [0.29, 0.717) is 21.6 Å². The molecule has 0 bridgehead atoms. The van der Waals surface area contributed by atoms with Crippen molar-refractivity contribution in [3.8, 4) is 0 Å². The Kier molecular flexibility index (Phi) is 5.17. The Hall–Kier alpha value is -1.36. The van der Waals surface area contributed by atoms with Gasteiger partial charge in [-0.25, -0.2) is 0 Å². The van der Waals surface area contributed by atoms with Crippen LogP contribution >= 0.6 is 27.5 Å². The zero-order valence-corrected chi connectivity index (χ0v) is 12.9. The highest BCUT2D eigenvalue weighted by molar-refractivity contribution is 9.10. The van der Waals surface area contributed by atoms with E-state index in [2.05, 4.69) is 21.2 Å². The van der Waals surface area contributed by atoms with Crippen LogP contribution in [0.25, 0.3) is 0 Å². The molecule has 0 aromatic heterocycles. The van der Waals surface area contributed by atoms with Crippen molar-refractivity contribution in [1.29, 1.82) is 0 Å². The third-order valence-corrected chi connectivity index (χ3v) is 3.69. The summed E-state index contributed by atoms with van der Waals surface area (Å²) >= 11 is 9.16. The van der Waals surface area contributed by atoms with Crippen LogP contribution in [0.4, 0.5) is 0 Å². The normalized spacial score (nSPS) is 10.3. The summed E-state index contributed by atoms with van der Waals surface area (Å²) in [5.41, 5.74) is 2.30. The smallest absolute Gasteiger partial charge is 0.252 e. The molecule has 2 aromatic carbocycles. The fraction of sp³-hybridized carbons (Fsp3) is 0.133. The number of amides is 1. The second-order valence-electron chi connectivity index (χ2n) is 4.28. The Bertz CT molecular complexity index is 631. The molecule has 2 aromatic rings. The van der Waals surface area contributed by atoms with Crippen LogP contribution in [0.15, 0.2) is 46.9 Å². The van der Waals surface area contributed by atoms with Crippen molar-refractivity contribution in [2.24, 2.45) is 0 Å². The topological polar surface area (TPSA) is 49.3 Å². The average Bonchev–Trinajstić information content (AvgIpc) is 2.45. The van der Waals surface area contributed by atoms with E-state index < -0.39 is 0 Å². The number of carbonyl (C=O) groups excluding carboxylic acids is 1. The lowest BCUT2D eigenvalue weighted by Gasteiger charge is -2.08. The Morgan fingerprint density at radius 3 is 2.65 bits per heavy atom. The molecule has 1 amide bonds. The molecule has 0 fully saturated rings. The highest BCUT2D eigenvalue weighted by Gasteiger charge is 2.10. The Morgan fingerprint density at radius 2 is 1.95 bits per heavy atom. The van der Waals surface area contributed by atoms with Gasteiger partial charge in [0.1, 0.15) is 0 Å². The van der Waals surface area contributed by atoms with Crippen molar-refractivity contribution < 1.29 is 9.90 Å². The minimum atomic E-state index is -0.178. The maximum Gasteiger partial charge on any atom is 0.252 e. The number of nitrogens with one attached hydrogen (secondary N) is 1. The molecule has 0 unspecified atom stereocenters. The van der Waals surface area contributed by atoms with Crippen LogP contribution in [0, 0.1) is 0 Å². The zero-order chi connectivity index (χ0) is 14.5. The Labute approximate surface area is 130 Å². The Balaban J connectivity index is 2.04. The highest BCUT2D eigenvalue weighted by Crippen LogP contribution is 2.21. The van der Waals surface area contributed by atoms with Crippen LogP contribution < -0.4 is 5.32 Å². The first kappa shape index (κ1) is 15.0. The summed E-state index contributed by atoms with van der Waals surface area (Å²) in [4.78, 5) is 12.1. The first-order valence-electron chi connectivity index (χ1n) is 6.02. The molecule has 0 aliphatic carbocycles. The van der Waals surface area contributed by atoms with Crippen molar-refractivity contribution in [3.63, 3.8) is 0 Å². The predicted octanol–water partition coefficient (Wildman–Crippen LogP) is 3.52. The summed E-state index contributed by atoms with van der Waals surface area (Å²) in [6.07, 6.45) is 0. The van der Waals surface area contributed by atoms with Gasteiger partial charge in [-0.05, 0) is 45.3 Å². The zero-order valence-electron chi connectivity index (χ0n) is 10.6. The third-order valence-electron chi connectivity index (χ3n) is 2.80. The summed E-state index contributed by atoms with van der Waals surface area (Å²) in [5.74, 6) is -0.178. The molecule has 2 rings (SSSR count). The maximum atomic E-state index is 12.1. The van der Waals surface area contributed by atoms with E-state index in [4.69, 9.17) is 16.7 Å². The summed E-state index contributed by atoms with van der Waals surface area (Å²) in [5, 5.41) is 12.5. The van der Waals surface area contributed by atoms with Crippen LogP contribution in [0.3, 0.4) is 0 Å². The summed E-state index contributed by atoms with van der Waals surface area (Å²) in [7, 11) is 0. The van der Waals surface area contributed by atoms with Gasteiger partial charge in [0.15, 0.2) is 0 Å². The van der Waals surface area contributed by atoms with Gasteiger partial charge in [0.05, 0.1) is 12.2 Å². The Morgan fingerprint density at radius 1 is 1.20 bits per heavy atom. The van der Waals surface area contributed by atoms with Crippen molar-refractivity contribution >= 4 is 33.4 Å². The number of hydrogen-bond donors (Lipinski definition) is 2. The summed E-state index contributed by atoms with van der Waals surface area (Å²) < 4.78 is 0.659. The minimum absolute atomic E-state index is 0.00941. The molecule has 0 aliphatic heterocycles. The number of rotatable bonds is 4. The first-order chi connectivity index (χ1) is 9.60. The van der Waals surface area contributed by atoms with Gasteiger partial charge >= 0.3 is 0 Å². The highest BCUT2D eigenvalue weighted by atomic mass is 79.9. The number of halogens is 2. The molecular weight excluding hydrogens is 342 g/mol. The number of aliphatic hydroxyl groups excluding tert-OH is 1. The van der Waals surface area contributed by atoms with Gasteiger partial charge in [-0.2, -0.15) is 0 Å².